The zero-order chi connectivity index (χ0) is 13.4. The molecule has 0 heterocycles. The van der Waals surface area contributed by atoms with Gasteiger partial charge in [0.2, 0.25) is 0 Å². The van der Waals surface area contributed by atoms with E-state index in [2.05, 4.69) is 17.1 Å². The molecule has 0 saturated heterocycles. The molecule has 0 aromatic rings. The molecule has 0 radical (unpaired) electrons. The van der Waals surface area contributed by atoms with Gasteiger partial charge in [0.25, 0.3) is 0 Å². The first kappa shape index (κ1) is 14.8. The predicted octanol–water partition coefficient (Wildman–Crippen LogP) is 1.52. The summed E-state index contributed by atoms with van der Waals surface area (Å²) in [6.07, 6.45) is 6.00. The van der Waals surface area contributed by atoms with Gasteiger partial charge in [-0.05, 0) is 18.3 Å². The van der Waals surface area contributed by atoms with E-state index in [1.807, 2.05) is 5.48 Å². The molecule has 0 aliphatic heterocycles. The lowest BCUT2D eigenvalue weighted by molar-refractivity contribution is -0.144. The number of urea groups is 1. The van der Waals surface area contributed by atoms with Gasteiger partial charge in [0.1, 0.15) is 0 Å². The average molecular weight is 258 g/mol. The van der Waals surface area contributed by atoms with Gasteiger partial charge in [-0.1, -0.05) is 32.6 Å². The fourth-order valence-electron chi connectivity index (χ4n) is 2.21. The summed E-state index contributed by atoms with van der Waals surface area (Å²) in [5.74, 6) is 0.412. The third-order valence-electron chi connectivity index (χ3n) is 3.33. The van der Waals surface area contributed by atoms with E-state index in [-0.39, 0.29) is 0 Å². The fourth-order valence-corrected chi connectivity index (χ4v) is 2.21. The van der Waals surface area contributed by atoms with Gasteiger partial charge in [0.15, 0.2) is 6.61 Å². The molecule has 0 atom stereocenters. The molecule has 1 rings (SSSR count). The van der Waals surface area contributed by atoms with Crippen molar-refractivity contribution in [2.45, 2.75) is 39.0 Å². The van der Waals surface area contributed by atoms with Crippen molar-refractivity contribution in [3.8, 4) is 0 Å². The normalized spacial score (nSPS) is 23.4. The van der Waals surface area contributed by atoms with Crippen molar-refractivity contribution in [2.75, 3.05) is 13.2 Å². The maximum atomic E-state index is 11.2. The molecule has 6 heteroatoms. The highest BCUT2D eigenvalue weighted by Gasteiger charge is 2.17. The van der Waals surface area contributed by atoms with Crippen molar-refractivity contribution in [1.29, 1.82) is 0 Å². The molecule has 0 aromatic heterocycles. The monoisotopic (exact) mass is 258 g/mol. The van der Waals surface area contributed by atoms with Crippen molar-refractivity contribution in [3.05, 3.63) is 0 Å². The van der Waals surface area contributed by atoms with Gasteiger partial charge in [0.05, 0.1) is 0 Å². The molecule has 0 bridgehead atoms. The minimum absolute atomic E-state index is 0.486. The number of carbonyl (C=O) groups excluding carboxylic acids is 1. The molecule has 1 fully saturated rings. The average Bonchev–Trinajstić information content (AvgIpc) is 2.31. The molecule has 0 unspecified atom stereocenters. The van der Waals surface area contributed by atoms with E-state index in [1.165, 1.54) is 25.7 Å². The second-order valence-electron chi connectivity index (χ2n) is 4.95. The van der Waals surface area contributed by atoms with E-state index in [4.69, 9.17) is 5.11 Å². The molecule has 6 nitrogen and oxygen atoms in total. The van der Waals surface area contributed by atoms with Crippen LogP contribution < -0.4 is 10.8 Å². The minimum atomic E-state index is -1.12. The Balaban J connectivity index is 2.00. The number of carboxylic acids is 1. The Morgan fingerprint density at radius 3 is 2.56 bits per heavy atom. The standard InChI is InChI=1S/C12H22N2O4/c1-9-2-4-10(5-3-9)6-7-13-12(17)14-18-8-11(15)16/h9-10H,2-8H2,1H3,(H,15,16)(H2,13,14,17). The molecule has 1 saturated carbocycles. The van der Waals surface area contributed by atoms with Crippen LogP contribution in [0.3, 0.4) is 0 Å². The Labute approximate surface area is 107 Å². The molecule has 1 aliphatic carbocycles. The highest BCUT2D eigenvalue weighted by Crippen LogP contribution is 2.29. The van der Waals surface area contributed by atoms with Gasteiger partial charge in [-0.3, -0.25) is 4.84 Å². The van der Waals surface area contributed by atoms with Crippen molar-refractivity contribution in [2.24, 2.45) is 11.8 Å². The maximum Gasteiger partial charge on any atom is 0.338 e. The quantitative estimate of drug-likeness (QED) is 0.630. The van der Waals surface area contributed by atoms with Gasteiger partial charge < -0.3 is 10.4 Å². The van der Waals surface area contributed by atoms with Crippen molar-refractivity contribution in [1.82, 2.24) is 10.8 Å². The first-order valence-electron chi connectivity index (χ1n) is 6.45. The van der Waals surface area contributed by atoms with E-state index in [0.717, 1.165) is 12.3 Å². The number of hydroxylamine groups is 1. The summed E-state index contributed by atoms with van der Waals surface area (Å²) >= 11 is 0. The van der Waals surface area contributed by atoms with E-state index >= 15 is 0 Å². The SMILES string of the molecule is CC1CCC(CCNC(=O)NOCC(=O)O)CC1. The molecule has 104 valence electrons. The number of hydrogen-bond acceptors (Lipinski definition) is 3. The van der Waals surface area contributed by atoms with Crippen LogP contribution in [0.5, 0.6) is 0 Å². The lowest BCUT2D eigenvalue weighted by Gasteiger charge is -2.26. The van der Waals surface area contributed by atoms with Crippen LogP contribution in [0.4, 0.5) is 4.79 Å². The predicted molar refractivity (Wildman–Crippen MR) is 65.9 cm³/mol. The summed E-state index contributed by atoms with van der Waals surface area (Å²) in [5.41, 5.74) is 2.03. The van der Waals surface area contributed by atoms with Crippen LogP contribution in [0, 0.1) is 11.8 Å². The van der Waals surface area contributed by atoms with E-state index < -0.39 is 18.6 Å². The summed E-state index contributed by atoms with van der Waals surface area (Å²) in [5, 5.41) is 10.9. The third-order valence-corrected chi connectivity index (χ3v) is 3.33. The zero-order valence-electron chi connectivity index (χ0n) is 10.8. The van der Waals surface area contributed by atoms with Gasteiger partial charge >= 0.3 is 12.0 Å². The highest BCUT2D eigenvalue weighted by molar-refractivity contribution is 5.73. The second-order valence-corrected chi connectivity index (χ2v) is 4.95. The number of carboxylic acid groups (broad SMARTS) is 1. The molecule has 0 aromatic carbocycles. The molecular formula is C12H22N2O4. The molecule has 3 N–H and O–H groups in total. The first-order chi connectivity index (χ1) is 8.58. The molecule has 1 aliphatic rings. The van der Waals surface area contributed by atoms with E-state index in [1.54, 1.807) is 0 Å². The molecule has 0 spiro atoms. The summed E-state index contributed by atoms with van der Waals surface area (Å²) in [6, 6.07) is -0.486. The van der Waals surface area contributed by atoms with Crippen LogP contribution >= 0.6 is 0 Å². The Morgan fingerprint density at radius 1 is 1.28 bits per heavy atom. The summed E-state index contributed by atoms with van der Waals surface area (Å²) in [7, 11) is 0. The van der Waals surface area contributed by atoms with Crippen molar-refractivity contribution >= 4 is 12.0 Å². The van der Waals surface area contributed by atoms with Gasteiger partial charge in [-0.25, -0.2) is 15.1 Å². The molecular weight excluding hydrogens is 236 g/mol. The number of amides is 2. The van der Waals surface area contributed by atoms with Crippen LogP contribution in [-0.4, -0.2) is 30.3 Å². The van der Waals surface area contributed by atoms with Crippen molar-refractivity contribution < 1.29 is 19.5 Å². The zero-order valence-corrected chi connectivity index (χ0v) is 10.8. The summed E-state index contributed by atoms with van der Waals surface area (Å²) in [4.78, 5) is 25.8. The van der Waals surface area contributed by atoms with Crippen molar-refractivity contribution in [3.63, 3.8) is 0 Å². The van der Waals surface area contributed by atoms with Gasteiger partial charge in [-0.2, -0.15) is 0 Å². The number of hydrogen-bond donors (Lipinski definition) is 3. The number of nitrogens with one attached hydrogen (secondary N) is 2. The van der Waals surface area contributed by atoms with Crippen LogP contribution in [0.2, 0.25) is 0 Å². The van der Waals surface area contributed by atoms with Crippen LogP contribution in [0.1, 0.15) is 39.0 Å². The lowest BCUT2D eigenvalue weighted by Crippen LogP contribution is -2.37. The van der Waals surface area contributed by atoms with E-state index in [9.17, 15) is 9.59 Å². The molecule has 18 heavy (non-hydrogen) atoms. The van der Waals surface area contributed by atoms with Gasteiger partial charge in [-0.15, -0.1) is 0 Å². The van der Waals surface area contributed by atoms with Crippen LogP contribution in [0.15, 0.2) is 0 Å². The fraction of sp³-hybridized carbons (Fsp3) is 0.833. The Hall–Kier alpha value is -1.30. The van der Waals surface area contributed by atoms with Gasteiger partial charge in [0, 0.05) is 6.54 Å². The topological polar surface area (TPSA) is 87.7 Å². The maximum absolute atomic E-state index is 11.2. The smallest absolute Gasteiger partial charge is 0.338 e. The van der Waals surface area contributed by atoms with E-state index in [0.29, 0.717) is 12.5 Å². The Bertz CT molecular complexity index is 275. The number of carbonyl (C=O) groups is 2. The lowest BCUT2D eigenvalue weighted by atomic mass is 9.81. The highest BCUT2D eigenvalue weighted by atomic mass is 16.7. The Morgan fingerprint density at radius 2 is 1.94 bits per heavy atom. The summed E-state index contributed by atoms with van der Waals surface area (Å²) in [6.45, 7) is 2.34. The number of rotatable bonds is 6. The summed E-state index contributed by atoms with van der Waals surface area (Å²) < 4.78 is 0. The second kappa shape index (κ2) is 7.92. The van der Waals surface area contributed by atoms with Crippen LogP contribution in [-0.2, 0) is 9.63 Å². The minimum Gasteiger partial charge on any atom is -0.479 e. The largest absolute Gasteiger partial charge is 0.479 e. The van der Waals surface area contributed by atoms with Crippen LogP contribution in [0.25, 0.3) is 0 Å². The number of aliphatic carboxylic acids is 1. The molecule has 2 amide bonds. The first-order valence-corrected chi connectivity index (χ1v) is 6.45. The third kappa shape index (κ3) is 6.44. The Kier molecular flexibility index (Phi) is 6.49.